The number of nitrogens with one attached hydrogen (secondary N) is 2. The van der Waals surface area contributed by atoms with Crippen molar-refractivity contribution in [2.75, 3.05) is 25.1 Å². The van der Waals surface area contributed by atoms with Gasteiger partial charge in [-0.2, -0.15) is 0 Å². The molecule has 2 aliphatic rings. The smallest absolute Gasteiger partial charge is 0.260 e. The molecule has 2 aromatic rings. The lowest BCUT2D eigenvalue weighted by atomic mass is 9.95. The molecule has 2 N–H and O–H groups in total. The van der Waals surface area contributed by atoms with E-state index in [9.17, 15) is 9.59 Å². The molecule has 31 heavy (non-hydrogen) atoms. The first-order valence-corrected chi connectivity index (χ1v) is 11.7. The van der Waals surface area contributed by atoms with E-state index in [1.807, 2.05) is 31.2 Å². The molecular formula is C24H26IN3O3. The number of carbonyl (C=O) groups is 2. The van der Waals surface area contributed by atoms with Gasteiger partial charge in [0.05, 0.1) is 12.2 Å². The first kappa shape index (κ1) is 22.0. The van der Waals surface area contributed by atoms with Crippen LogP contribution in [-0.4, -0.2) is 42.5 Å². The summed E-state index contributed by atoms with van der Waals surface area (Å²) in [7, 11) is 0. The molecule has 0 bridgehead atoms. The summed E-state index contributed by atoms with van der Waals surface area (Å²) in [4.78, 5) is 27.0. The van der Waals surface area contributed by atoms with Gasteiger partial charge < -0.3 is 10.1 Å². The minimum absolute atomic E-state index is 0.359. The maximum atomic E-state index is 12.4. The number of carbonyl (C=O) groups excluding carboxylic acids is 2. The summed E-state index contributed by atoms with van der Waals surface area (Å²) in [5.74, 6) is -0.750. The largest absolute Gasteiger partial charge is 0.380 e. The third kappa shape index (κ3) is 5.16. The third-order valence-electron chi connectivity index (χ3n) is 5.72. The number of hydrogen-bond acceptors (Lipinski definition) is 5. The minimum Gasteiger partial charge on any atom is -0.380 e. The zero-order valence-electron chi connectivity index (χ0n) is 17.5. The summed E-state index contributed by atoms with van der Waals surface area (Å²) in [6, 6.07) is 14.2. The van der Waals surface area contributed by atoms with Crippen molar-refractivity contribution in [3.8, 4) is 0 Å². The zero-order chi connectivity index (χ0) is 21.8. The van der Waals surface area contributed by atoms with Crippen molar-refractivity contribution in [3.05, 3.63) is 68.9 Å². The first-order valence-electron chi connectivity index (χ1n) is 10.6. The number of amides is 2. The topological polar surface area (TPSA) is 70.7 Å². The van der Waals surface area contributed by atoms with Gasteiger partial charge in [-0.25, -0.2) is 0 Å². The summed E-state index contributed by atoms with van der Waals surface area (Å²) in [6.45, 7) is 5.62. The molecule has 162 valence electrons. The Kier molecular flexibility index (Phi) is 7.04. The fraction of sp³-hybridized carbons (Fsp3) is 0.333. The Morgan fingerprint density at radius 3 is 2.74 bits per heavy atom. The minimum atomic E-state index is -0.391. The highest BCUT2D eigenvalue weighted by atomic mass is 127. The number of imide groups is 1. The molecule has 2 heterocycles. The molecule has 1 saturated heterocycles. The van der Waals surface area contributed by atoms with E-state index < -0.39 is 5.91 Å². The highest BCUT2D eigenvalue weighted by Gasteiger charge is 2.27. The highest BCUT2D eigenvalue weighted by Crippen LogP contribution is 2.26. The summed E-state index contributed by atoms with van der Waals surface area (Å²) < 4.78 is 6.60. The molecule has 4 rings (SSSR count). The van der Waals surface area contributed by atoms with E-state index in [2.05, 4.69) is 50.3 Å². The molecule has 0 aliphatic carbocycles. The van der Waals surface area contributed by atoms with Gasteiger partial charge in [0.1, 0.15) is 0 Å². The lowest BCUT2D eigenvalue weighted by Crippen LogP contribution is -2.36. The molecule has 7 heteroatoms. The van der Waals surface area contributed by atoms with Crippen LogP contribution in [0.5, 0.6) is 0 Å². The molecule has 2 aromatic carbocycles. The predicted octanol–water partition coefficient (Wildman–Crippen LogP) is 4.02. The zero-order valence-corrected chi connectivity index (χ0v) is 19.6. The second kappa shape index (κ2) is 9.93. The second-order valence-corrected chi connectivity index (χ2v) is 9.04. The van der Waals surface area contributed by atoms with Crippen molar-refractivity contribution in [2.45, 2.75) is 32.4 Å². The van der Waals surface area contributed by atoms with Crippen LogP contribution in [0.4, 0.5) is 5.69 Å². The highest BCUT2D eigenvalue weighted by molar-refractivity contribution is 14.1. The van der Waals surface area contributed by atoms with Gasteiger partial charge in [-0.15, -0.1) is 0 Å². The Bertz CT molecular complexity index is 1000. The van der Waals surface area contributed by atoms with E-state index in [1.165, 1.54) is 18.4 Å². The second-order valence-electron chi connectivity index (χ2n) is 7.80. The number of halogens is 1. The Balaban J connectivity index is 1.44. The monoisotopic (exact) mass is 531 g/mol. The van der Waals surface area contributed by atoms with Crippen LogP contribution in [0, 0.1) is 3.57 Å². The molecular weight excluding hydrogens is 505 g/mol. The maximum Gasteiger partial charge on any atom is 0.260 e. The Hall–Kier alpha value is -2.23. The Labute approximate surface area is 196 Å². The summed E-state index contributed by atoms with van der Waals surface area (Å²) in [5, 5.41) is 5.61. The number of rotatable bonds is 7. The molecule has 0 saturated carbocycles. The third-order valence-corrected chi connectivity index (χ3v) is 6.40. The number of anilines is 1. The van der Waals surface area contributed by atoms with Crippen LogP contribution in [0.2, 0.25) is 0 Å². The first-order chi connectivity index (χ1) is 15.0. The van der Waals surface area contributed by atoms with E-state index in [4.69, 9.17) is 4.74 Å². The Morgan fingerprint density at radius 2 is 1.97 bits per heavy atom. The fourth-order valence-corrected chi connectivity index (χ4v) is 4.57. The van der Waals surface area contributed by atoms with Crippen molar-refractivity contribution >= 4 is 45.7 Å². The summed E-state index contributed by atoms with van der Waals surface area (Å²) in [5.41, 5.74) is 3.76. The molecule has 0 spiro atoms. The quantitative estimate of drug-likeness (QED) is 0.321. The lowest BCUT2D eigenvalue weighted by molar-refractivity contribution is -0.114. The van der Waals surface area contributed by atoms with Gasteiger partial charge in [-0.1, -0.05) is 12.1 Å². The summed E-state index contributed by atoms with van der Waals surface area (Å²) >= 11 is 2.18. The van der Waals surface area contributed by atoms with Gasteiger partial charge >= 0.3 is 0 Å². The van der Waals surface area contributed by atoms with Crippen molar-refractivity contribution < 1.29 is 14.3 Å². The number of hydrogen-bond donors (Lipinski definition) is 2. The van der Waals surface area contributed by atoms with E-state index >= 15 is 0 Å². The van der Waals surface area contributed by atoms with Gasteiger partial charge in [0.2, 0.25) is 0 Å². The lowest BCUT2D eigenvalue weighted by Gasteiger charge is -2.24. The molecule has 0 radical (unpaired) electrons. The molecule has 2 aliphatic heterocycles. The summed E-state index contributed by atoms with van der Waals surface area (Å²) in [6.07, 6.45) is 4.08. The van der Waals surface area contributed by atoms with Gasteiger partial charge in [0.25, 0.3) is 11.8 Å². The van der Waals surface area contributed by atoms with Gasteiger partial charge in [-0.3, -0.25) is 19.8 Å². The number of fused-ring (bicyclic) bond motifs is 1. The number of ether oxygens (including phenoxy) is 1. The van der Waals surface area contributed by atoms with Crippen LogP contribution in [0.25, 0.3) is 5.57 Å². The molecule has 2 amide bonds. The SMILES string of the molecule is CCOCC1CCCN1Cc1ccc(N/C=C2\C(=O)NC(=O)c3ccc(I)cc32)cc1. The number of nitrogens with zero attached hydrogens (tertiary/aromatic N) is 1. The average Bonchev–Trinajstić information content (AvgIpc) is 3.19. The van der Waals surface area contributed by atoms with Crippen LogP contribution < -0.4 is 10.6 Å². The van der Waals surface area contributed by atoms with Gasteiger partial charge in [0.15, 0.2) is 0 Å². The molecule has 1 unspecified atom stereocenters. The number of benzene rings is 2. The molecule has 6 nitrogen and oxygen atoms in total. The van der Waals surface area contributed by atoms with Crippen LogP contribution in [0.15, 0.2) is 48.7 Å². The van der Waals surface area contributed by atoms with Crippen molar-refractivity contribution in [1.82, 2.24) is 10.2 Å². The van der Waals surface area contributed by atoms with Crippen molar-refractivity contribution in [1.29, 1.82) is 0 Å². The van der Waals surface area contributed by atoms with E-state index in [-0.39, 0.29) is 5.91 Å². The fourth-order valence-electron chi connectivity index (χ4n) is 4.08. The normalized spacial score (nSPS) is 20.1. The number of likely N-dealkylation sites (tertiary alicyclic amines) is 1. The van der Waals surface area contributed by atoms with E-state index in [0.717, 1.165) is 35.6 Å². The van der Waals surface area contributed by atoms with Crippen LogP contribution in [-0.2, 0) is 16.1 Å². The van der Waals surface area contributed by atoms with Crippen LogP contribution >= 0.6 is 22.6 Å². The average molecular weight is 531 g/mol. The van der Waals surface area contributed by atoms with Crippen LogP contribution in [0.3, 0.4) is 0 Å². The van der Waals surface area contributed by atoms with Crippen LogP contribution in [0.1, 0.15) is 41.3 Å². The molecule has 0 aromatic heterocycles. The van der Waals surface area contributed by atoms with Gasteiger partial charge in [-0.05, 0) is 84.8 Å². The maximum absolute atomic E-state index is 12.4. The standard InChI is InChI=1S/C24H26IN3O3/c1-2-31-15-19-4-3-11-28(19)14-16-5-8-18(9-6-16)26-13-22-21-12-17(25)7-10-20(21)23(29)27-24(22)30/h5-10,12-13,19,26H,2-4,11,14-15H2,1H3,(H,27,29,30)/b22-13-. The predicted molar refractivity (Wildman–Crippen MR) is 130 cm³/mol. The van der Waals surface area contributed by atoms with Crippen molar-refractivity contribution in [3.63, 3.8) is 0 Å². The van der Waals surface area contributed by atoms with E-state index in [0.29, 0.717) is 22.7 Å². The Morgan fingerprint density at radius 1 is 1.16 bits per heavy atom. The van der Waals surface area contributed by atoms with Gasteiger partial charge in [0, 0.05) is 45.8 Å². The van der Waals surface area contributed by atoms with E-state index in [1.54, 1.807) is 12.3 Å². The molecule has 1 atom stereocenters. The van der Waals surface area contributed by atoms with Crippen molar-refractivity contribution in [2.24, 2.45) is 0 Å². The molecule has 1 fully saturated rings.